The summed E-state index contributed by atoms with van der Waals surface area (Å²) in [5, 5.41) is 18.7. The van der Waals surface area contributed by atoms with E-state index in [0.29, 0.717) is 23.7 Å². The maximum Gasteiger partial charge on any atom is 0.304 e. The third-order valence-electron chi connectivity index (χ3n) is 4.28. The maximum atomic E-state index is 12.7. The van der Waals surface area contributed by atoms with Crippen molar-refractivity contribution in [3.8, 4) is 0 Å². The highest BCUT2D eigenvalue weighted by atomic mass is 35.5. The molecule has 7 heteroatoms. The highest BCUT2D eigenvalue weighted by molar-refractivity contribution is 6.30. The van der Waals surface area contributed by atoms with Crippen LogP contribution in [0, 0.1) is 5.92 Å². The molecule has 132 valence electrons. The minimum absolute atomic E-state index is 0.136. The third-order valence-corrected chi connectivity index (χ3v) is 4.53. The van der Waals surface area contributed by atoms with E-state index < -0.39 is 11.9 Å². The Morgan fingerprint density at radius 1 is 1.08 bits per heavy atom. The van der Waals surface area contributed by atoms with E-state index in [9.17, 15) is 9.59 Å². The molecule has 24 heavy (non-hydrogen) atoms. The molecule has 0 aliphatic carbocycles. The van der Waals surface area contributed by atoms with E-state index in [0.717, 1.165) is 26.2 Å². The second-order valence-electron chi connectivity index (χ2n) is 6.03. The number of aliphatic carboxylic acids is 1. The molecule has 1 aliphatic rings. The molecule has 1 aromatic rings. The molecule has 6 nitrogen and oxygen atoms in total. The number of β-amino-alcohol motifs (C(OH)–C–C–N with tert-alkyl or cyclic N) is 1. The molecule has 1 saturated heterocycles. The number of benzene rings is 1. The number of nitrogens with zero attached hydrogens (tertiary/aromatic N) is 2. The number of halogens is 1. The number of carbonyl (C=O) groups excluding carboxylic acids is 1. The van der Waals surface area contributed by atoms with Crippen LogP contribution in [0.3, 0.4) is 0 Å². The molecule has 0 radical (unpaired) electrons. The van der Waals surface area contributed by atoms with Gasteiger partial charge in [-0.3, -0.25) is 14.5 Å². The third kappa shape index (κ3) is 5.56. The number of carboxylic acid groups (broad SMARTS) is 1. The number of aliphatic hydroxyl groups is 1. The Kier molecular flexibility index (Phi) is 7.17. The quantitative estimate of drug-likeness (QED) is 0.683. The number of aliphatic hydroxyl groups excluding tert-OH is 1. The average Bonchev–Trinajstić information content (AvgIpc) is 2.56. The zero-order chi connectivity index (χ0) is 17.5. The Balaban J connectivity index is 1.99. The van der Waals surface area contributed by atoms with E-state index in [1.54, 1.807) is 24.3 Å². The van der Waals surface area contributed by atoms with Gasteiger partial charge in [0.05, 0.1) is 13.0 Å². The van der Waals surface area contributed by atoms with E-state index in [2.05, 4.69) is 9.80 Å². The van der Waals surface area contributed by atoms with Crippen LogP contribution in [-0.4, -0.2) is 77.6 Å². The zero-order valence-electron chi connectivity index (χ0n) is 13.5. The summed E-state index contributed by atoms with van der Waals surface area (Å²) in [7, 11) is 0. The highest BCUT2D eigenvalue weighted by Gasteiger charge is 2.27. The van der Waals surface area contributed by atoms with Crippen LogP contribution in [0.15, 0.2) is 24.3 Å². The Bertz CT molecular complexity index is 556. The van der Waals surface area contributed by atoms with E-state index in [1.165, 1.54) is 0 Å². The lowest BCUT2D eigenvalue weighted by Gasteiger charge is -2.35. The van der Waals surface area contributed by atoms with Gasteiger partial charge in [0.25, 0.3) is 0 Å². The van der Waals surface area contributed by atoms with Gasteiger partial charge >= 0.3 is 5.97 Å². The molecule has 1 fully saturated rings. The standard InChI is InChI=1S/C17H23ClN2O4/c18-15-3-1-13(2-4-15)17(24)14(11-16(22)23)12-20-7-5-19(6-8-20)9-10-21/h1-4,14,21H,5-12H2,(H,22,23). The summed E-state index contributed by atoms with van der Waals surface area (Å²) < 4.78 is 0. The van der Waals surface area contributed by atoms with Gasteiger partial charge in [-0.15, -0.1) is 0 Å². The second kappa shape index (κ2) is 9.13. The van der Waals surface area contributed by atoms with Crippen LogP contribution in [0.2, 0.25) is 5.02 Å². The maximum absolute atomic E-state index is 12.7. The lowest BCUT2D eigenvalue weighted by molar-refractivity contribution is -0.138. The van der Waals surface area contributed by atoms with E-state index in [4.69, 9.17) is 21.8 Å². The number of rotatable bonds is 8. The number of carbonyl (C=O) groups is 2. The molecule has 0 aromatic heterocycles. The number of piperazine rings is 1. The van der Waals surface area contributed by atoms with Crippen LogP contribution in [-0.2, 0) is 4.79 Å². The minimum Gasteiger partial charge on any atom is -0.481 e. The first-order valence-corrected chi connectivity index (χ1v) is 8.44. The lowest BCUT2D eigenvalue weighted by atomic mass is 9.93. The molecule has 0 saturated carbocycles. The smallest absolute Gasteiger partial charge is 0.304 e. The number of Topliss-reactive ketones (excluding diaryl/α,β-unsaturated/α-hetero) is 1. The van der Waals surface area contributed by atoms with E-state index in [-0.39, 0.29) is 18.8 Å². The molecule has 2 rings (SSSR count). The average molecular weight is 355 g/mol. The molecule has 1 unspecified atom stereocenters. The summed E-state index contributed by atoms with van der Waals surface area (Å²) in [4.78, 5) is 28.1. The van der Waals surface area contributed by atoms with Crippen LogP contribution in [0.4, 0.5) is 0 Å². The Labute approximate surface area is 146 Å². The predicted octanol–water partition coefficient (Wildman–Crippen LogP) is 1.22. The largest absolute Gasteiger partial charge is 0.481 e. The Hall–Kier alpha value is -1.47. The van der Waals surface area contributed by atoms with Gasteiger partial charge in [0, 0.05) is 55.8 Å². The van der Waals surface area contributed by atoms with Crippen molar-refractivity contribution in [2.75, 3.05) is 45.9 Å². The topological polar surface area (TPSA) is 81.1 Å². The van der Waals surface area contributed by atoms with Gasteiger partial charge in [0.2, 0.25) is 0 Å². The lowest BCUT2D eigenvalue weighted by Crippen LogP contribution is -2.49. The number of ketones is 1. The molecular weight excluding hydrogens is 332 g/mol. The molecule has 1 aromatic carbocycles. The van der Waals surface area contributed by atoms with Gasteiger partial charge in [-0.1, -0.05) is 11.6 Å². The molecular formula is C17H23ClN2O4. The van der Waals surface area contributed by atoms with Gasteiger partial charge in [0.15, 0.2) is 5.78 Å². The summed E-state index contributed by atoms with van der Waals surface area (Å²) in [5.41, 5.74) is 0.490. The summed E-state index contributed by atoms with van der Waals surface area (Å²) in [6, 6.07) is 6.55. The first kappa shape index (κ1) is 18.9. The fraction of sp³-hybridized carbons (Fsp3) is 0.529. The molecule has 1 aliphatic heterocycles. The van der Waals surface area contributed by atoms with Gasteiger partial charge in [0.1, 0.15) is 0 Å². The first-order valence-electron chi connectivity index (χ1n) is 8.06. The van der Waals surface area contributed by atoms with Crippen LogP contribution in [0.25, 0.3) is 0 Å². The second-order valence-corrected chi connectivity index (χ2v) is 6.47. The summed E-state index contributed by atoms with van der Waals surface area (Å²) in [5.74, 6) is -1.71. The van der Waals surface area contributed by atoms with Crippen molar-refractivity contribution in [2.45, 2.75) is 6.42 Å². The number of hydrogen-bond donors (Lipinski definition) is 2. The van der Waals surface area contributed by atoms with Crippen LogP contribution in [0.1, 0.15) is 16.8 Å². The molecule has 0 bridgehead atoms. The minimum atomic E-state index is -0.971. The normalized spacial score (nSPS) is 17.6. The van der Waals surface area contributed by atoms with Gasteiger partial charge in [-0.05, 0) is 24.3 Å². The SMILES string of the molecule is O=C(O)CC(CN1CCN(CCO)CC1)C(=O)c1ccc(Cl)cc1. The Morgan fingerprint density at radius 2 is 1.67 bits per heavy atom. The summed E-state index contributed by atoms with van der Waals surface area (Å²) >= 11 is 5.84. The molecule has 1 atom stereocenters. The van der Waals surface area contributed by atoms with Crippen LogP contribution in [0.5, 0.6) is 0 Å². The van der Waals surface area contributed by atoms with Gasteiger partial charge < -0.3 is 15.1 Å². The Morgan fingerprint density at radius 3 is 2.21 bits per heavy atom. The van der Waals surface area contributed by atoms with Gasteiger partial charge in [-0.25, -0.2) is 0 Å². The number of carboxylic acids is 1. The molecule has 1 heterocycles. The fourth-order valence-corrected chi connectivity index (χ4v) is 3.08. The van der Waals surface area contributed by atoms with E-state index >= 15 is 0 Å². The van der Waals surface area contributed by atoms with Crippen molar-refractivity contribution in [1.82, 2.24) is 9.80 Å². The monoisotopic (exact) mass is 354 g/mol. The predicted molar refractivity (Wildman–Crippen MR) is 91.5 cm³/mol. The molecule has 0 amide bonds. The van der Waals surface area contributed by atoms with Crippen molar-refractivity contribution in [2.24, 2.45) is 5.92 Å². The van der Waals surface area contributed by atoms with Crippen LogP contribution >= 0.6 is 11.6 Å². The zero-order valence-corrected chi connectivity index (χ0v) is 14.3. The fourth-order valence-electron chi connectivity index (χ4n) is 2.95. The molecule has 2 N–H and O–H groups in total. The van der Waals surface area contributed by atoms with Crippen LogP contribution < -0.4 is 0 Å². The van der Waals surface area contributed by atoms with Crippen molar-refractivity contribution >= 4 is 23.4 Å². The van der Waals surface area contributed by atoms with Crippen molar-refractivity contribution in [3.05, 3.63) is 34.9 Å². The summed E-state index contributed by atoms with van der Waals surface area (Å²) in [6.07, 6.45) is -0.182. The molecule has 0 spiro atoms. The van der Waals surface area contributed by atoms with Crippen molar-refractivity contribution in [3.63, 3.8) is 0 Å². The first-order chi connectivity index (χ1) is 11.5. The van der Waals surface area contributed by atoms with Crippen molar-refractivity contribution < 1.29 is 19.8 Å². The highest BCUT2D eigenvalue weighted by Crippen LogP contribution is 2.18. The van der Waals surface area contributed by atoms with Crippen molar-refractivity contribution in [1.29, 1.82) is 0 Å². The summed E-state index contributed by atoms with van der Waals surface area (Å²) in [6.45, 7) is 4.38. The number of hydrogen-bond acceptors (Lipinski definition) is 5. The van der Waals surface area contributed by atoms with Gasteiger partial charge in [-0.2, -0.15) is 0 Å². The van der Waals surface area contributed by atoms with E-state index in [1.807, 2.05) is 0 Å².